The van der Waals surface area contributed by atoms with Gasteiger partial charge < -0.3 is 15.8 Å². The quantitative estimate of drug-likeness (QED) is 0.796. The van der Waals surface area contributed by atoms with Gasteiger partial charge in [0.15, 0.2) is 0 Å². The summed E-state index contributed by atoms with van der Waals surface area (Å²) in [4.78, 5) is 11.3. The van der Waals surface area contributed by atoms with Crippen molar-refractivity contribution >= 4 is 22.4 Å². The molecule has 0 radical (unpaired) electrons. The Labute approximate surface area is 98.2 Å². The Kier molecular flexibility index (Phi) is 4.34. The van der Waals surface area contributed by atoms with Crippen LogP contribution in [0.1, 0.15) is 25.3 Å². The number of aromatic nitrogens is 2. The minimum Gasteiger partial charge on any atom is -0.384 e. The average molecular weight is 244 g/mol. The molecule has 0 aliphatic carbocycles. The van der Waals surface area contributed by atoms with Gasteiger partial charge in [-0.25, -0.2) is 0 Å². The number of rotatable bonds is 5. The van der Waals surface area contributed by atoms with Crippen molar-refractivity contribution in [3.05, 3.63) is 5.01 Å². The van der Waals surface area contributed by atoms with Crippen molar-refractivity contribution in [2.45, 2.75) is 25.8 Å². The number of carbonyl (C=O) groups is 1. The molecular formula is C9H16N4O2S. The second-order valence-electron chi connectivity index (χ2n) is 3.93. The van der Waals surface area contributed by atoms with Crippen molar-refractivity contribution in [3.63, 3.8) is 0 Å². The zero-order valence-corrected chi connectivity index (χ0v) is 10.4. The average Bonchev–Trinajstić information content (AvgIpc) is 2.62. The van der Waals surface area contributed by atoms with E-state index in [0.717, 1.165) is 0 Å². The fourth-order valence-electron chi connectivity index (χ4n) is 0.911. The van der Waals surface area contributed by atoms with E-state index < -0.39 is 5.54 Å². The highest BCUT2D eigenvalue weighted by atomic mass is 32.1. The Morgan fingerprint density at radius 3 is 2.75 bits per heavy atom. The summed E-state index contributed by atoms with van der Waals surface area (Å²) < 4.78 is 4.80. The van der Waals surface area contributed by atoms with E-state index in [1.807, 2.05) is 13.8 Å². The van der Waals surface area contributed by atoms with E-state index in [-0.39, 0.29) is 5.91 Å². The summed E-state index contributed by atoms with van der Waals surface area (Å²) in [6.07, 6.45) is 0.303. The number of carbonyl (C=O) groups excluding carboxylic acids is 1. The van der Waals surface area contributed by atoms with Crippen molar-refractivity contribution in [2.24, 2.45) is 5.73 Å². The number of nitrogens with two attached hydrogens (primary N) is 1. The maximum Gasteiger partial charge on any atom is 0.228 e. The second-order valence-corrected chi connectivity index (χ2v) is 4.90. The minimum atomic E-state index is -0.535. The molecule has 0 aliphatic rings. The fraction of sp³-hybridized carbons (Fsp3) is 0.667. The molecule has 0 saturated heterocycles. The molecule has 7 heteroatoms. The van der Waals surface area contributed by atoms with Crippen LogP contribution in [0.25, 0.3) is 0 Å². The van der Waals surface area contributed by atoms with E-state index >= 15 is 0 Å². The van der Waals surface area contributed by atoms with Gasteiger partial charge in [-0.3, -0.25) is 4.79 Å². The number of nitrogens with zero attached hydrogens (tertiary/aromatic N) is 2. The van der Waals surface area contributed by atoms with Gasteiger partial charge in [-0.1, -0.05) is 11.3 Å². The van der Waals surface area contributed by atoms with Crippen LogP contribution in [0, 0.1) is 0 Å². The molecule has 1 rings (SSSR count). The maximum atomic E-state index is 11.3. The Bertz CT molecular complexity index is 359. The van der Waals surface area contributed by atoms with Crippen molar-refractivity contribution < 1.29 is 9.53 Å². The van der Waals surface area contributed by atoms with Crippen molar-refractivity contribution in [2.75, 3.05) is 19.0 Å². The van der Waals surface area contributed by atoms with Crippen LogP contribution < -0.4 is 11.1 Å². The molecule has 0 fully saturated rings. The first-order valence-corrected chi connectivity index (χ1v) is 5.67. The first kappa shape index (κ1) is 13.0. The third-order valence-electron chi connectivity index (χ3n) is 1.76. The second kappa shape index (κ2) is 5.33. The van der Waals surface area contributed by atoms with Gasteiger partial charge in [0.2, 0.25) is 11.0 Å². The van der Waals surface area contributed by atoms with Crippen LogP contribution in [0.3, 0.4) is 0 Å². The summed E-state index contributed by atoms with van der Waals surface area (Å²) >= 11 is 1.28. The molecule has 0 unspecified atom stereocenters. The monoisotopic (exact) mass is 244 g/mol. The summed E-state index contributed by atoms with van der Waals surface area (Å²) in [6.45, 7) is 4.06. The van der Waals surface area contributed by atoms with Crippen LogP contribution in [0.15, 0.2) is 0 Å². The highest BCUT2D eigenvalue weighted by Crippen LogP contribution is 2.23. The molecule has 90 valence electrons. The lowest BCUT2D eigenvalue weighted by Gasteiger charge is -2.12. The summed E-state index contributed by atoms with van der Waals surface area (Å²) in [7, 11) is 1.55. The zero-order chi connectivity index (χ0) is 12.2. The molecule has 0 aromatic carbocycles. The Hall–Kier alpha value is -1.05. The van der Waals surface area contributed by atoms with Crippen molar-refractivity contribution in [3.8, 4) is 0 Å². The Morgan fingerprint density at radius 2 is 2.25 bits per heavy atom. The van der Waals surface area contributed by atoms with Crippen molar-refractivity contribution in [1.29, 1.82) is 0 Å². The fourth-order valence-corrected chi connectivity index (χ4v) is 1.69. The Balaban J connectivity index is 2.56. The van der Waals surface area contributed by atoms with Crippen LogP contribution in [-0.2, 0) is 15.1 Å². The molecule has 1 heterocycles. The van der Waals surface area contributed by atoms with Crippen LogP contribution in [0.2, 0.25) is 0 Å². The number of amides is 1. The van der Waals surface area contributed by atoms with Gasteiger partial charge in [0, 0.05) is 7.11 Å². The van der Waals surface area contributed by atoms with Crippen LogP contribution in [0.5, 0.6) is 0 Å². The third kappa shape index (κ3) is 3.84. The van der Waals surface area contributed by atoms with Crippen molar-refractivity contribution in [1.82, 2.24) is 10.2 Å². The van der Waals surface area contributed by atoms with Crippen LogP contribution in [-0.4, -0.2) is 29.8 Å². The first-order chi connectivity index (χ1) is 7.43. The van der Waals surface area contributed by atoms with Crippen LogP contribution in [0.4, 0.5) is 5.13 Å². The number of methoxy groups -OCH3 is 1. The number of nitrogens with one attached hydrogen (secondary N) is 1. The third-order valence-corrected chi connectivity index (χ3v) is 2.93. The SMILES string of the molecule is COCCC(=O)Nc1nnc(C(C)(C)N)s1. The Morgan fingerprint density at radius 1 is 1.56 bits per heavy atom. The predicted octanol–water partition coefficient (Wildman–Crippen LogP) is 0.707. The molecule has 6 nitrogen and oxygen atoms in total. The topological polar surface area (TPSA) is 90.1 Å². The first-order valence-electron chi connectivity index (χ1n) is 4.85. The molecule has 0 atom stereocenters. The lowest BCUT2D eigenvalue weighted by atomic mass is 10.1. The molecule has 1 amide bonds. The summed E-state index contributed by atoms with van der Waals surface area (Å²) in [6, 6.07) is 0. The van der Waals surface area contributed by atoms with Gasteiger partial charge in [-0.15, -0.1) is 10.2 Å². The van der Waals surface area contributed by atoms with E-state index in [2.05, 4.69) is 15.5 Å². The van der Waals surface area contributed by atoms with E-state index in [4.69, 9.17) is 10.5 Å². The van der Waals surface area contributed by atoms with Gasteiger partial charge in [0.25, 0.3) is 0 Å². The maximum absolute atomic E-state index is 11.3. The largest absolute Gasteiger partial charge is 0.384 e. The van der Waals surface area contributed by atoms with Gasteiger partial charge >= 0.3 is 0 Å². The smallest absolute Gasteiger partial charge is 0.228 e. The molecule has 0 spiro atoms. The molecule has 3 N–H and O–H groups in total. The number of ether oxygens (including phenoxy) is 1. The van der Waals surface area contributed by atoms with E-state index in [1.54, 1.807) is 7.11 Å². The molecule has 1 aromatic heterocycles. The zero-order valence-electron chi connectivity index (χ0n) is 9.61. The molecule has 1 aromatic rings. The summed E-state index contributed by atoms with van der Waals surface area (Å²) in [5.74, 6) is -0.139. The van der Waals surface area contributed by atoms with Gasteiger partial charge in [0.05, 0.1) is 18.6 Å². The highest BCUT2D eigenvalue weighted by molar-refractivity contribution is 7.15. The molecule has 0 bridgehead atoms. The molecule has 0 aliphatic heterocycles. The van der Waals surface area contributed by atoms with Gasteiger partial charge in [0.1, 0.15) is 5.01 Å². The minimum absolute atomic E-state index is 0.139. The lowest BCUT2D eigenvalue weighted by molar-refractivity contribution is -0.117. The molecular weight excluding hydrogens is 228 g/mol. The lowest BCUT2D eigenvalue weighted by Crippen LogP contribution is -2.28. The summed E-state index contributed by atoms with van der Waals surface area (Å²) in [5, 5.41) is 11.6. The molecule has 16 heavy (non-hydrogen) atoms. The number of hydrogen-bond acceptors (Lipinski definition) is 6. The van der Waals surface area contributed by atoms with Gasteiger partial charge in [-0.05, 0) is 13.8 Å². The molecule has 0 saturated carbocycles. The number of anilines is 1. The standard InChI is InChI=1S/C9H16N4O2S/c1-9(2,10)7-12-13-8(16-7)11-6(14)4-5-15-3/h4-5,10H2,1-3H3,(H,11,13,14). The summed E-state index contributed by atoms with van der Waals surface area (Å²) in [5.41, 5.74) is 5.32. The van der Waals surface area contributed by atoms with Gasteiger partial charge in [-0.2, -0.15) is 0 Å². The predicted molar refractivity (Wildman–Crippen MR) is 62.2 cm³/mol. The van der Waals surface area contributed by atoms with E-state index in [9.17, 15) is 4.79 Å². The van der Waals surface area contributed by atoms with E-state index in [0.29, 0.717) is 23.2 Å². The number of hydrogen-bond donors (Lipinski definition) is 2. The highest BCUT2D eigenvalue weighted by Gasteiger charge is 2.20. The normalized spacial score (nSPS) is 11.5. The van der Waals surface area contributed by atoms with Crippen LogP contribution >= 0.6 is 11.3 Å². The van der Waals surface area contributed by atoms with E-state index in [1.165, 1.54) is 11.3 Å².